The largest absolute Gasteiger partial charge is 0.477 e. The van der Waals surface area contributed by atoms with E-state index in [0.29, 0.717) is 0 Å². The Hall–Kier alpha value is -1.56. The minimum Gasteiger partial charge on any atom is -0.477 e. The van der Waals surface area contributed by atoms with Crippen LogP contribution in [0.5, 0.6) is 0 Å². The highest BCUT2D eigenvalue weighted by molar-refractivity contribution is 7.70. The van der Waals surface area contributed by atoms with Gasteiger partial charge in [0, 0.05) is 12.6 Å². The molecule has 0 saturated carbocycles. The Balaban J connectivity index is 3.03. The van der Waals surface area contributed by atoms with Crippen molar-refractivity contribution in [2.45, 2.75) is 6.42 Å². The third kappa shape index (κ3) is 2.96. The van der Waals surface area contributed by atoms with Crippen molar-refractivity contribution < 1.29 is 29.0 Å². The van der Waals surface area contributed by atoms with Crippen LogP contribution in [0.2, 0.25) is 0 Å². The van der Waals surface area contributed by atoms with Crippen LogP contribution in [-0.2, 0) is 15.8 Å². The summed E-state index contributed by atoms with van der Waals surface area (Å²) < 4.78 is 10.6. The van der Waals surface area contributed by atoms with Crippen LogP contribution in [0.25, 0.3) is 0 Å². The van der Waals surface area contributed by atoms with E-state index in [9.17, 15) is 14.2 Å². The van der Waals surface area contributed by atoms with Gasteiger partial charge in [0.2, 0.25) is 5.52 Å². The maximum atomic E-state index is 11.0. The highest BCUT2D eigenvalue weighted by atomic mass is 31.2. The molecule has 86 valence electrons. The molecule has 1 aromatic rings. The predicted molar refractivity (Wildman–Crippen MR) is 52.0 cm³/mol. The van der Waals surface area contributed by atoms with E-state index >= 15 is 0 Å². The molecule has 1 rings (SSSR count). The summed E-state index contributed by atoms with van der Waals surface area (Å²) in [4.78, 5) is 42.4. The monoisotopic (exact) mass is 245 g/mol. The molecule has 0 unspecified atom stereocenters. The number of hydrogen-bond acceptors (Lipinski definition) is 4. The maximum absolute atomic E-state index is 11.0. The number of carboxylic acid groups (broad SMARTS) is 1. The number of carboxylic acids is 1. The van der Waals surface area contributed by atoms with Crippen LogP contribution in [0, 0.1) is 0 Å². The molecule has 1 aromatic heterocycles. The number of rotatable bonds is 4. The summed E-state index contributed by atoms with van der Waals surface area (Å²) in [6.45, 7) is 0. The Morgan fingerprint density at radius 2 is 2.00 bits per heavy atom. The maximum Gasteiger partial charge on any atom is 0.391 e. The zero-order valence-electron chi connectivity index (χ0n) is 7.90. The molecule has 0 amide bonds. The lowest BCUT2D eigenvalue weighted by atomic mass is 10.1. The van der Waals surface area contributed by atoms with E-state index in [1.807, 2.05) is 0 Å². The van der Waals surface area contributed by atoms with Crippen molar-refractivity contribution in [3.05, 3.63) is 29.6 Å². The third-order valence-corrected chi connectivity index (χ3v) is 2.57. The normalized spacial score (nSPS) is 11.1. The average Bonchev–Trinajstić information content (AvgIpc) is 2.16. The topological polar surface area (TPSA) is 125 Å². The molecule has 0 aliphatic carbocycles. The van der Waals surface area contributed by atoms with Gasteiger partial charge in [-0.1, -0.05) is 6.07 Å². The van der Waals surface area contributed by atoms with Crippen LogP contribution in [0.15, 0.2) is 18.3 Å². The zero-order valence-corrected chi connectivity index (χ0v) is 8.79. The fourth-order valence-electron chi connectivity index (χ4n) is 1.04. The number of nitrogens with zero attached hydrogens (tertiary/aromatic N) is 1. The van der Waals surface area contributed by atoms with E-state index in [1.165, 1.54) is 18.3 Å². The van der Waals surface area contributed by atoms with Gasteiger partial charge in [0.1, 0.15) is 0 Å². The molecule has 7 nitrogen and oxygen atoms in total. The van der Waals surface area contributed by atoms with Crippen LogP contribution in [0.3, 0.4) is 0 Å². The Bertz CT molecular complexity index is 479. The lowest BCUT2D eigenvalue weighted by Gasteiger charge is -2.04. The standard InChI is InChI=1S/C8H8NO6P/c10-6(16(13,14)15)4-5-2-1-3-9-7(5)8(11)12/h1-3H,4H2,(H,11,12)(H2,13,14,15). The van der Waals surface area contributed by atoms with E-state index in [1.54, 1.807) is 0 Å². The molecule has 1 heterocycles. The lowest BCUT2D eigenvalue weighted by Crippen LogP contribution is -2.10. The first-order chi connectivity index (χ1) is 7.32. The summed E-state index contributed by atoms with van der Waals surface area (Å²) in [7, 11) is -4.83. The van der Waals surface area contributed by atoms with E-state index in [4.69, 9.17) is 14.9 Å². The molecule has 0 aliphatic rings. The molecule has 0 aromatic carbocycles. The number of aromatic carboxylic acids is 1. The van der Waals surface area contributed by atoms with Gasteiger partial charge < -0.3 is 14.9 Å². The van der Waals surface area contributed by atoms with Crippen LogP contribution in [0.4, 0.5) is 0 Å². The first kappa shape index (κ1) is 12.5. The second-order valence-corrected chi connectivity index (χ2v) is 4.52. The number of aromatic nitrogens is 1. The highest BCUT2D eigenvalue weighted by Gasteiger charge is 2.27. The summed E-state index contributed by atoms with van der Waals surface area (Å²) >= 11 is 0. The molecule has 0 spiro atoms. The summed E-state index contributed by atoms with van der Waals surface area (Å²) in [6, 6.07) is 2.67. The van der Waals surface area contributed by atoms with Crippen molar-refractivity contribution in [3.8, 4) is 0 Å². The second-order valence-electron chi connectivity index (χ2n) is 2.93. The molecule has 0 aliphatic heterocycles. The minimum absolute atomic E-state index is 0.0247. The minimum atomic E-state index is -4.83. The highest BCUT2D eigenvalue weighted by Crippen LogP contribution is 2.36. The molecule has 0 atom stereocenters. The zero-order chi connectivity index (χ0) is 12.3. The van der Waals surface area contributed by atoms with Gasteiger partial charge in [-0.05, 0) is 11.6 Å². The average molecular weight is 245 g/mol. The number of pyridine rings is 1. The molecule has 16 heavy (non-hydrogen) atoms. The van der Waals surface area contributed by atoms with Crippen molar-refractivity contribution in [1.29, 1.82) is 0 Å². The van der Waals surface area contributed by atoms with Crippen molar-refractivity contribution >= 4 is 19.1 Å². The van der Waals surface area contributed by atoms with Crippen LogP contribution >= 0.6 is 7.60 Å². The molecule has 8 heteroatoms. The van der Waals surface area contributed by atoms with E-state index < -0.39 is 25.5 Å². The number of carbonyl (C=O) groups excluding carboxylic acids is 1. The molecule has 0 radical (unpaired) electrons. The Labute approximate surface area is 89.9 Å². The van der Waals surface area contributed by atoms with Crippen LogP contribution in [0.1, 0.15) is 16.1 Å². The smallest absolute Gasteiger partial charge is 0.391 e. The van der Waals surface area contributed by atoms with Gasteiger partial charge in [-0.3, -0.25) is 9.36 Å². The fraction of sp³-hybridized carbons (Fsp3) is 0.125. The number of carbonyl (C=O) groups is 2. The van der Waals surface area contributed by atoms with Gasteiger partial charge in [-0.15, -0.1) is 0 Å². The van der Waals surface area contributed by atoms with Crippen LogP contribution < -0.4 is 0 Å². The Morgan fingerprint density at radius 3 is 2.50 bits per heavy atom. The summed E-state index contributed by atoms with van der Waals surface area (Å²) in [5.74, 6) is -1.35. The summed E-state index contributed by atoms with van der Waals surface area (Å²) in [6.07, 6.45) is 0.564. The Kier molecular flexibility index (Phi) is 3.54. The Morgan fingerprint density at radius 1 is 1.38 bits per heavy atom. The van der Waals surface area contributed by atoms with Gasteiger partial charge in [-0.2, -0.15) is 0 Å². The van der Waals surface area contributed by atoms with Gasteiger partial charge in [0.15, 0.2) is 5.69 Å². The van der Waals surface area contributed by atoms with Crippen LogP contribution in [-0.4, -0.2) is 31.4 Å². The van der Waals surface area contributed by atoms with Gasteiger partial charge in [0.25, 0.3) is 0 Å². The SMILES string of the molecule is O=C(O)c1ncccc1CC(=O)P(=O)(O)O. The second kappa shape index (κ2) is 4.52. The lowest BCUT2D eigenvalue weighted by molar-refractivity contribution is -0.112. The number of hydrogen-bond donors (Lipinski definition) is 3. The molecule has 0 bridgehead atoms. The third-order valence-electron chi connectivity index (χ3n) is 1.76. The van der Waals surface area contributed by atoms with E-state index in [0.717, 1.165) is 0 Å². The predicted octanol–water partition coefficient (Wildman–Crippen LogP) is 0.0266. The molecule has 0 saturated heterocycles. The van der Waals surface area contributed by atoms with Crippen molar-refractivity contribution in [2.24, 2.45) is 0 Å². The molecular formula is C8H8NO6P. The quantitative estimate of drug-likeness (QED) is 0.638. The van der Waals surface area contributed by atoms with Crippen molar-refractivity contribution in [3.63, 3.8) is 0 Å². The molecule has 0 fully saturated rings. The van der Waals surface area contributed by atoms with E-state index in [-0.39, 0.29) is 11.3 Å². The first-order valence-electron chi connectivity index (χ1n) is 4.08. The van der Waals surface area contributed by atoms with Crippen molar-refractivity contribution in [2.75, 3.05) is 0 Å². The fourth-order valence-corrected chi connectivity index (χ4v) is 1.42. The van der Waals surface area contributed by atoms with E-state index in [2.05, 4.69) is 4.98 Å². The first-order valence-corrected chi connectivity index (χ1v) is 5.69. The van der Waals surface area contributed by atoms with Gasteiger partial charge >= 0.3 is 13.6 Å². The summed E-state index contributed by atoms with van der Waals surface area (Å²) in [5, 5.41) is 8.71. The molecule has 3 N–H and O–H groups in total. The summed E-state index contributed by atoms with van der Waals surface area (Å²) in [5.41, 5.74) is -1.74. The van der Waals surface area contributed by atoms with Gasteiger partial charge in [0.05, 0.1) is 0 Å². The van der Waals surface area contributed by atoms with Crippen molar-refractivity contribution in [1.82, 2.24) is 4.98 Å². The van der Waals surface area contributed by atoms with Gasteiger partial charge in [-0.25, -0.2) is 9.78 Å². The molecular weight excluding hydrogens is 237 g/mol.